The minimum Gasteiger partial charge on any atom is -0.367 e. The first-order chi connectivity index (χ1) is 11.5. The molecule has 0 radical (unpaired) electrons. The molecule has 1 aliphatic heterocycles. The number of benzene rings is 1. The highest BCUT2D eigenvalue weighted by atomic mass is 35.5. The summed E-state index contributed by atoms with van der Waals surface area (Å²) in [6.07, 6.45) is 3.94. The number of aromatic nitrogens is 1. The van der Waals surface area contributed by atoms with Gasteiger partial charge in [-0.1, -0.05) is 11.6 Å². The Morgan fingerprint density at radius 3 is 2.46 bits per heavy atom. The quantitative estimate of drug-likeness (QED) is 0.924. The van der Waals surface area contributed by atoms with Crippen LogP contribution in [0.3, 0.4) is 0 Å². The first kappa shape index (κ1) is 16.5. The van der Waals surface area contributed by atoms with Gasteiger partial charge < -0.3 is 14.8 Å². The van der Waals surface area contributed by atoms with Gasteiger partial charge in [-0.15, -0.1) is 0 Å². The van der Waals surface area contributed by atoms with E-state index in [1.165, 1.54) is 18.2 Å². The third kappa shape index (κ3) is 3.59. The summed E-state index contributed by atoms with van der Waals surface area (Å²) < 4.78 is 13.2. The summed E-state index contributed by atoms with van der Waals surface area (Å²) in [5, 5.41) is -0.0684. The zero-order chi connectivity index (χ0) is 17.1. The maximum atomic E-state index is 13.2. The van der Waals surface area contributed by atoms with E-state index in [2.05, 4.69) is 4.98 Å². The number of piperazine rings is 1. The second kappa shape index (κ2) is 7.05. The summed E-state index contributed by atoms with van der Waals surface area (Å²) in [4.78, 5) is 31.0. The van der Waals surface area contributed by atoms with Crippen molar-refractivity contribution in [2.45, 2.75) is 6.42 Å². The van der Waals surface area contributed by atoms with Crippen molar-refractivity contribution in [2.24, 2.45) is 0 Å². The van der Waals surface area contributed by atoms with Crippen LogP contribution in [0.25, 0.3) is 0 Å². The predicted octanol–water partition coefficient (Wildman–Crippen LogP) is 2.33. The molecule has 5 nitrogen and oxygen atoms in total. The summed E-state index contributed by atoms with van der Waals surface area (Å²) in [6.45, 7) is 1.88. The first-order valence-corrected chi connectivity index (χ1v) is 8.06. The van der Waals surface area contributed by atoms with Crippen LogP contribution in [0.4, 0.5) is 4.39 Å². The molecule has 1 aliphatic rings. The SMILES string of the molecule is O=C(Cc1cc[nH]c1)N1CCN(C(=O)c2ccc(F)c(Cl)c2)CC1. The summed E-state index contributed by atoms with van der Waals surface area (Å²) >= 11 is 5.73. The lowest BCUT2D eigenvalue weighted by molar-refractivity contribution is -0.131. The van der Waals surface area contributed by atoms with Crippen molar-refractivity contribution >= 4 is 23.4 Å². The molecule has 1 saturated heterocycles. The summed E-state index contributed by atoms with van der Waals surface area (Å²) in [6, 6.07) is 5.82. The Kier molecular flexibility index (Phi) is 4.85. The van der Waals surface area contributed by atoms with Gasteiger partial charge in [0.05, 0.1) is 11.4 Å². The summed E-state index contributed by atoms with van der Waals surface area (Å²) in [5.74, 6) is -0.699. The van der Waals surface area contributed by atoms with Crippen LogP contribution in [0.5, 0.6) is 0 Å². The van der Waals surface area contributed by atoms with E-state index in [0.29, 0.717) is 38.2 Å². The average Bonchev–Trinajstić information content (AvgIpc) is 3.10. The molecule has 2 amide bonds. The van der Waals surface area contributed by atoms with Crippen molar-refractivity contribution < 1.29 is 14.0 Å². The third-order valence-corrected chi connectivity index (χ3v) is 4.39. The fraction of sp³-hybridized carbons (Fsp3) is 0.294. The van der Waals surface area contributed by atoms with Crippen molar-refractivity contribution in [3.05, 3.63) is 58.6 Å². The van der Waals surface area contributed by atoms with Gasteiger partial charge in [-0.05, 0) is 29.8 Å². The second-order valence-corrected chi connectivity index (χ2v) is 6.11. The average molecular weight is 350 g/mol. The second-order valence-electron chi connectivity index (χ2n) is 5.70. The Labute approximate surface area is 144 Å². The highest BCUT2D eigenvalue weighted by molar-refractivity contribution is 6.31. The van der Waals surface area contributed by atoms with E-state index in [-0.39, 0.29) is 16.8 Å². The first-order valence-electron chi connectivity index (χ1n) is 7.68. The van der Waals surface area contributed by atoms with Crippen molar-refractivity contribution in [1.29, 1.82) is 0 Å². The molecular weight excluding hydrogens is 333 g/mol. The molecule has 2 aromatic rings. The van der Waals surface area contributed by atoms with Gasteiger partial charge in [0.15, 0.2) is 0 Å². The number of H-pyrrole nitrogens is 1. The van der Waals surface area contributed by atoms with Crippen molar-refractivity contribution in [3.8, 4) is 0 Å². The van der Waals surface area contributed by atoms with Crippen LogP contribution in [-0.2, 0) is 11.2 Å². The molecule has 0 spiro atoms. The van der Waals surface area contributed by atoms with E-state index >= 15 is 0 Å². The van der Waals surface area contributed by atoms with Gasteiger partial charge in [-0.2, -0.15) is 0 Å². The zero-order valence-electron chi connectivity index (χ0n) is 13.0. The Morgan fingerprint density at radius 2 is 1.83 bits per heavy atom. The van der Waals surface area contributed by atoms with Crippen LogP contribution in [0, 0.1) is 5.82 Å². The number of nitrogens with zero attached hydrogens (tertiary/aromatic N) is 2. The van der Waals surface area contributed by atoms with Crippen LogP contribution in [0.15, 0.2) is 36.7 Å². The smallest absolute Gasteiger partial charge is 0.254 e. The summed E-state index contributed by atoms with van der Waals surface area (Å²) in [7, 11) is 0. The number of hydrogen-bond donors (Lipinski definition) is 1. The van der Waals surface area contributed by atoms with Crippen molar-refractivity contribution in [1.82, 2.24) is 14.8 Å². The molecular formula is C17H17ClFN3O2. The number of aromatic amines is 1. The van der Waals surface area contributed by atoms with E-state index in [1.807, 2.05) is 6.07 Å². The maximum absolute atomic E-state index is 13.2. The minimum atomic E-state index is -0.548. The number of rotatable bonds is 3. The molecule has 24 heavy (non-hydrogen) atoms. The monoisotopic (exact) mass is 349 g/mol. The lowest BCUT2D eigenvalue weighted by Crippen LogP contribution is -2.51. The highest BCUT2D eigenvalue weighted by Gasteiger charge is 2.25. The molecule has 0 atom stereocenters. The Bertz CT molecular complexity index is 740. The number of nitrogens with one attached hydrogen (secondary N) is 1. The fourth-order valence-corrected chi connectivity index (χ4v) is 2.91. The standard InChI is InChI=1S/C17H17ClFN3O2/c18-14-10-13(1-2-15(14)19)17(24)22-7-5-21(6-8-22)16(23)9-12-3-4-20-11-12/h1-4,10-11,20H,5-9H2. The van der Waals surface area contributed by atoms with Gasteiger partial charge in [-0.25, -0.2) is 4.39 Å². The van der Waals surface area contributed by atoms with Crippen LogP contribution in [0.2, 0.25) is 5.02 Å². The molecule has 1 aromatic heterocycles. The fourth-order valence-electron chi connectivity index (χ4n) is 2.73. The van der Waals surface area contributed by atoms with Crippen LogP contribution in [0.1, 0.15) is 15.9 Å². The Hall–Kier alpha value is -2.34. The van der Waals surface area contributed by atoms with Crippen molar-refractivity contribution in [2.75, 3.05) is 26.2 Å². The molecule has 126 valence electrons. The molecule has 0 saturated carbocycles. The van der Waals surface area contributed by atoms with Gasteiger partial charge in [-0.3, -0.25) is 9.59 Å². The topological polar surface area (TPSA) is 56.4 Å². The van der Waals surface area contributed by atoms with E-state index < -0.39 is 5.82 Å². The van der Waals surface area contributed by atoms with Gasteiger partial charge >= 0.3 is 0 Å². The Balaban J connectivity index is 1.57. The van der Waals surface area contributed by atoms with E-state index in [0.717, 1.165) is 5.56 Å². The van der Waals surface area contributed by atoms with Gasteiger partial charge in [0, 0.05) is 44.1 Å². The molecule has 7 heteroatoms. The molecule has 1 N–H and O–H groups in total. The molecule has 1 fully saturated rings. The van der Waals surface area contributed by atoms with E-state index in [1.54, 1.807) is 22.2 Å². The van der Waals surface area contributed by atoms with Crippen LogP contribution >= 0.6 is 11.6 Å². The number of carbonyl (C=O) groups excluding carboxylic acids is 2. The maximum Gasteiger partial charge on any atom is 0.254 e. The summed E-state index contributed by atoms with van der Waals surface area (Å²) in [5.41, 5.74) is 1.30. The largest absolute Gasteiger partial charge is 0.367 e. The number of carbonyl (C=O) groups is 2. The molecule has 0 aliphatic carbocycles. The molecule has 0 unspecified atom stereocenters. The lowest BCUT2D eigenvalue weighted by atomic mass is 10.1. The normalized spacial score (nSPS) is 14.8. The molecule has 2 heterocycles. The van der Waals surface area contributed by atoms with Crippen molar-refractivity contribution in [3.63, 3.8) is 0 Å². The number of hydrogen-bond acceptors (Lipinski definition) is 2. The van der Waals surface area contributed by atoms with Gasteiger partial charge in [0.2, 0.25) is 5.91 Å². The highest BCUT2D eigenvalue weighted by Crippen LogP contribution is 2.18. The molecule has 0 bridgehead atoms. The zero-order valence-corrected chi connectivity index (χ0v) is 13.7. The predicted molar refractivity (Wildman–Crippen MR) is 88.4 cm³/mol. The van der Waals surface area contributed by atoms with Crippen LogP contribution in [-0.4, -0.2) is 52.8 Å². The minimum absolute atomic E-state index is 0.0477. The van der Waals surface area contributed by atoms with Gasteiger partial charge in [0.25, 0.3) is 5.91 Å². The lowest BCUT2D eigenvalue weighted by Gasteiger charge is -2.35. The Morgan fingerprint density at radius 1 is 1.12 bits per heavy atom. The molecule has 3 rings (SSSR count). The molecule has 1 aromatic carbocycles. The number of halogens is 2. The van der Waals surface area contributed by atoms with E-state index in [9.17, 15) is 14.0 Å². The van der Waals surface area contributed by atoms with E-state index in [4.69, 9.17) is 11.6 Å². The van der Waals surface area contributed by atoms with Crippen LogP contribution < -0.4 is 0 Å². The third-order valence-electron chi connectivity index (χ3n) is 4.10. The number of amides is 2. The van der Waals surface area contributed by atoms with Gasteiger partial charge in [0.1, 0.15) is 5.82 Å².